The molecule has 2 amide bonds. The zero-order chi connectivity index (χ0) is 22.7. The topological polar surface area (TPSA) is 65.5 Å². The Bertz CT molecular complexity index is 975. The van der Waals surface area contributed by atoms with Crippen molar-refractivity contribution < 1.29 is 14.0 Å². The molecule has 1 aromatic heterocycles. The quantitative estimate of drug-likeness (QED) is 0.766. The summed E-state index contributed by atoms with van der Waals surface area (Å²) in [5, 5.41) is 2.82. The third kappa shape index (κ3) is 4.99. The minimum Gasteiger partial charge on any atom is -0.337 e. The first-order valence-electron chi connectivity index (χ1n) is 11.5. The Morgan fingerprint density at radius 3 is 2.69 bits per heavy atom. The molecule has 170 valence electrons. The van der Waals surface area contributed by atoms with Crippen LogP contribution >= 0.6 is 0 Å². The molecular weight excluding hydrogens is 407 g/mol. The molecule has 1 saturated carbocycles. The Hall–Kier alpha value is -2.80. The van der Waals surface area contributed by atoms with Gasteiger partial charge in [-0.3, -0.25) is 19.5 Å². The van der Waals surface area contributed by atoms with Crippen LogP contribution in [0.3, 0.4) is 0 Å². The lowest BCUT2D eigenvalue weighted by atomic mass is 10.0. The molecule has 1 saturated heterocycles. The van der Waals surface area contributed by atoms with Crippen LogP contribution in [-0.2, 0) is 11.3 Å². The van der Waals surface area contributed by atoms with Gasteiger partial charge in [-0.15, -0.1) is 0 Å². The van der Waals surface area contributed by atoms with Crippen molar-refractivity contribution in [3.05, 3.63) is 59.2 Å². The van der Waals surface area contributed by atoms with E-state index in [4.69, 9.17) is 0 Å². The van der Waals surface area contributed by atoms with Crippen LogP contribution < -0.4 is 5.32 Å². The van der Waals surface area contributed by atoms with Crippen LogP contribution in [0, 0.1) is 18.7 Å². The van der Waals surface area contributed by atoms with Crippen molar-refractivity contribution in [3.63, 3.8) is 0 Å². The largest absolute Gasteiger partial charge is 0.337 e. The second-order valence-electron chi connectivity index (χ2n) is 9.03. The summed E-state index contributed by atoms with van der Waals surface area (Å²) in [5.74, 6) is -0.196. The van der Waals surface area contributed by atoms with Crippen LogP contribution in [0.5, 0.6) is 0 Å². The van der Waals surface area contributed by atoms with Crippen LogP contribution in [0.4, 0.5) is 10.1 Å². The number of halogens is 1. The van der Waals surface area contributed by atoms with E-state index in [9.17, 15) is 14.0 Å². The second-order valence-corrected chi connectivity index (χ2v) is 9.03. The molecule has 2 fully saturated rings. The van der Waals surface area contributed by atoms with Gasteiger partial charge in [0.05, 0.1) is 5.56 Å². The van der Waals surface area contributed by atoms with E-state index in [0.717, 1.165) is 49.9 Å². The number of nitrogens with zero attached hydrogens (tertiary/aromatic N) is 3. The summed E-state index contributed by atoms with van der Waals surface area (Å²) in [6.45, 7) is 6.79. The van der Waals surface area contributed by atoms with Crippen LogP contribution in [0.1, 0.15) is 54.1 Å². The highest BCUT2D eigenvalue weighted by Gasteiger charge is 2.33. The monoisotopic (exact) mass is 438 g/mol. The number of pyridine rings is 1. The van der Waals surface area contributed by atoms with E-state index in [0.29, 0.717) is 30.2 Å². The fraction of sp³-hybridized carbons (Fsp3) is 0.480. The summed E-state index contributed by atoms with van der Waals surface area (Å²) in [5.41, 5.74) is 2.58. The van der Waals surface area contributed by atoms with Crippen molar-refractivity contribution in [2.24, 2.45) is 5.92 Å². The Morgan fingerprint density at radius 1 is 1.22 bits per heavy atom. The molecule has 1 aliphatic heterocycles. The number of nitrogens with one attached hydrogen (secondary N) is 1. The van der Waals surface area contributed by atoms with Crippen molar-refractivity contribution in [3.8, 4) is 0 Å². The molecule has 0 spiro atoms. The number of piperazine rings is 1. The van der Waals surface area contributed by atoms with Gasteiger partial charge in [-0.1, -0.05) is 12.8 Å². The van der Waals surface area contributed by atoms with Crippen LogP contribution in [0.2, 0.25) is 0 Å². The van der Waals surface area contributed by atoms with Crippen LogP contribution in [0.25, 0.3) is 0 Å². The molecule has 2 aliphatic rings. The SMILES string of the molecule is Cc1c(CN2CCN(C(=O)C3CCCC3)[C@@H](C)C2)cc(F)cc1NC(=O)c1cccnc1. The standard InChI is InChI=1S/C25H31FN4O2/c1-17-15-29(10-11-30(17)25(32)19-6-3-4-7-19)16-21-12-22(26)13-23(18(21)2)28-24(31)20-8-5-9-27-14-20/h5,8-9,12-14,17,19H,3-4,6-7,10-11,15-16H2,1-2H3,(H,28,31)/t17-/m0/s1. The van der Waals surface area contributed by atoms with Gasteiger partial charge in [0.2, 0.25) is 5.91 Å². The van der Waals surface area contributed by atoms with Gasteiger partial charge in [0, 0.05) is 56.2 Å². The summed E-state index contributed by atoms with van der Waals surface area (Å²) >= 11 is 0. The molecule has 0 radical (unpaired) electrons. The normalized spacial score (nSPS) is 19.8. The van der Waals surface area contributed by atoms with Gasteiger partial charge in [-0.05, 0) is 62.1 Å². The highest BCUT2D eigenvalue weighted by Crippen LogP contribution is 2.29. The minimum atomic E-state index is -0.379. The van der Waals surface area contributed by atoms with E-state index in [1.807, 2.05) is 11.8 Å². The second kappa shape index (κ2) is 9.77. The smallest absolute Gasteiger partial charge is 0.257 e. The van der Waals surface area contributed by atoms with Gasteiger partial charge in [0.25, 0.3) is 5.91 Å². The first-order chi connectivity index (χ1) is 15.4. The number of carbonyl (C=O) groups is 2. The van der Waals surface area contributed by atoms with E-state index in [-0.39, 0.29) is 23.7 Å². The molecule has 6 nitrogen and oxygen atoms in total. The Kier molecular flexibility index (Phi) is 6.84. The summed E-state index contributed by atoms with van der Waals surface area (Å²) in [6.07, 6.45) is 7.43. The molecule has 4 rings (SSSR count). The molecule has 7 heteroatoms. The van der Waals surface area contributed by atoms with E-state index in [1.165, 1.54) is 18.3 Å². The number of anilines is 1. The van der Waals surface area contributed by atoms with Crippen molar-refractivity contribution in [2.45, 2.75) is 52.1 Å². The van der Waals surface area contributed by atoms with E-state index in [1.54, 1.807) is 18.3 Å². The molecule has 1 aromatic carbocycles. The lowest BCUT2D eigenvalue weighted by Crippen LogP contribution is -2.54. The average Bonchev–Trinajstić information content (AvgIpc) is 3.32. The predicted molar refractivity (Wildman–Crippen MR) is 122 cm³/mol. The van der Waals surface area contributed by atoms with Crippen molar-refractivity contribution in [1.82, 2.24) is 14.8 Å². The summed E-state index contributed by atoms with van der Waals surface area (Å²) in [4.78, 5) is 33.6. The van der Waals surface area contributed by atoms with E-state index >= 15 is 0 Å². The first kappa shape index (κ1) is 22.4. The lowest BCUT2D eigenvalue weighted by molar-refractivity contribution is -0.140. The Labute approximate surface area is 188 Å². The summed E-state index contributed by atoms with van der Waals surface area (Å²) in [7, 11) is 0. The first-order valence-corrected chi connectivity index (χ1v) is 11.5. The zero-order valence-electron chi connectivity index (χ0n) is 18.8. The molecule has 1 N–H and O–H groups in total. The molecule has 2 aromatic rings. The maximum atomic E-state index is 14.4. The molecule has 2 heterocycles. The minimum absolute atomic E-state index is 0.135. The van der Waals surface area contributed by atoms with Gasteiger partial charge in [-0.25, -0.2) is 4.39 Å². The molecule has 0 unspecified atom stereocenters. The van der Waals surface area contributed by atoms with E-state index in [2.05, 4.69) is 22.1 Å². The summed E-state index contributed by atoms with van der Waals surface area (Å²) in [6, 6.07) is 6.39. The summed E-state index contributed by atoms with van der Waals surface area (Å²) < 4.78 is 14.4. The van der Waals surface area contributed by atoms with Crippen molar-refractivity contribution in [1.29, 1.82) is 0 Å². The highest BCUT2D eigenvalue weighted by atomic mass is 19.1. The number of amides is 2. The highest BCUT2D eigenvalue weighted by molar-refractivity contribution is 6.04. The average molecular weight is 439 g/mol. The number of carbonyl (C=O) groups excluding carboxylic acids is 2. The number of hydrogen-bond acceptors (Lipinski definition) is 4. The number of hydrogen-bond donors (Lipinski definition) is 1. The van der Waals surface area contributed by atoms with E-state index < -0.39 is 0 Å². The molecule has 0 bridgehead atoms. The lowest BCUT2D eigenvalue weighted by Gasteiger charge is -2.41. The number of aromatic nitrogens is 1. The number of benzene rings is 1. The van der Waals surface area contributed by atoms with Crippen LogP contribution in [-0.4, -0.2) is 52.3 Å². The zero-order valence-corrected chi connectivity index (χ0v) is 18.8. The van der Waals surface area contributed by atoms with Gasteiger partial charge >= 0.3 is 0 Å². The molecule has 32 heavy (non-hydrogen) atoms. The molecule has 1 aliphatic carbocycles. The van der Waals surface area contributed by atoms with Gasteiger partial charge in [-0.2, -0.15) is 0 Å². The number of rotatable bonds is 5. The van der Waals surface area contributed by atoms with Crippen molar-refractivity contribution >= 4 is 17.5 Å². The molecular formula is C25H31FN4O2. The maximum Gasteiger partial charge on any atom is 0.257 e. The maximum absolute atomic E-state index is 14.4. The van der Waals surface area contributed by atoms with Crippen molar-refractivity contribution in [2.75, 3.05) is 25.0 Å². The third-order valence-electron chi connectivity index (χ3n) is 6.75. The fourth-order valence-electron chi connectivity index (χ4n) is 4.87. The molecule has 1 atom stereocenters. The third-order valence-corrected chi connectivity index (χ3v) is 6.75. The Morgan fingerprint density at radius 2 is 2.00 bits per heavy atom. The van der Waals surface area contributed by atoms with Gasteiger partial charge in [0.1, 0.15) is 5.82 Å². The van der Waals surface area contributed by atoms with Gasteiger partial charge < -0.3 is 10.2 Å². The van der Waals surface area contributed by atoms with Crippen LogP contribution in [0.15, 0.2) is 36.7 Å². The van der Waals surface area contributed by atoms with Gasteiger partial charge in [0.15, 0.2) is 0 Å². The Balaban J connectivity index is 1.42. The fourth-order valence-corrected chi connectivity index (χ4v) is 4.87. The predicted octanol–water partition coefficient (Wildman–Crippen LogP) is 4.00.